The molecule has 1 aromatic rings. The van der Waals surface area contributed by atoms with Gasteiger partial charge in [-0.25, -0.2) is 0 Å². The first kappa shape index (κ1) is 25.5. The predicted octanol–water partition coefficient (Wildman–Crippen LogP) is 2.85. The average molecular weight is 549 g/mol. The van der Waals surface area contributed by atoms with Crippen molar-refractivity contribution in [2.24, 2.45) is 10.9 Å². The van der Waals surface area contributed by atoms with Gasteiger partial charge in [0.05, 0.1) is 0 Å². The van der Waals surface area contributed by atoms with E-state index in [1.807, 2.05) is 13.1 Å². The van der Waals surface area contributed by atoms with Crippen molar-refractivity contribution in [3.63, 3.8) is 0 Å². The summed E-state index contributed by atoms with van der Waals surface area (Å²) < 4.78 is 0. The van der Waals surface area contributed by atoms with E-state index in [2.05, 4.69) is 62.9 Å². The molecule has 3 rings (SSSR count). The highest BCUT2D eigenvalue weighted by Crippen LogP contribution is 2.25. The lowest BCUT2D eigenvalue weighted by Crippen LogP contribution is -2.53. The van der Waals surface area contributed by atoms with Crippen LogP contribution >= 0.6 is 35.6 Å². The van der Waals surface area contributed by atoms with Crippen LogP contribution in [0.1, 0.15) is 12.5 Å². The number of aliphatic imine (C=N–C) groups is 1. The van der Waals surface area contributed by atoms with Crippen molar-refractivity contribution >= 4 is 47.2 Å². The number of hydrogen-bond donors (Lipinski definition) is 1. The normalized spacial score (nSPS) is 20.1. The van der Waals surface area contributed by atoms with Gasteiger partial charge in [0.2, 0.25) is 0 Å². The number of anilines is 1. The van der Waals surface area contributed by atoms with Crippen LogP contribution in [-0.2, 0) is 0 Å². The van der Waals surface area contributed by atoms with Crippen LogP contribution in [0.15, 0.2) is 23.2 Å². The molecular weight excluding hydrogens is 511 g/mol. The Balaban J connectivity index is 0.00000320. The fourth-order valence-corrected chi connectivity index (χ4v) is 4.38. The van der Waals surface area contributed by atoms with Crippen molar-refractivity contribution in [2.45, 2.75) is 13.8 Å². The molecule has 6 nitrogen and oxygen atoms in total. The van der Waals surface area contributed by atoms with Crippen LogP contribution in [0.25, 0.3) is 0 Å². The van der Waals surface area contributed by atoms with Gasteiger partial charge in [-0.15, -0.1) is 24.0 Å². The van der Waals surface area contributed by atoms with Crippen molar-refractivity contribution in [2.75, 3.05) is 84.4 Å². The number of aryl methyl sites for hydroxylation is 1. The standard InChI is InChI=1S/C22H37ClN6.HI/c1-18(17-27-9-7-26(4)8-10-27)16-25-22(24-3)29-13-11-28(12-14-29)21-15-20(23)6-5-19(21)2;/h5-6,15,18H,7-14,16-17H2,1-4H3,(H,24,25);1H. The minimum Gasteiger partial charge on any atom is -0.368 e. The maximum absolute atomic E-state index is 6.21. The number of halogens is 2. The first-order chi connectivity index (χ1) is 14.0. The largest absolute Gasteiger partial charge is 0.368 e. The second-order valence-electron chi connectivity index (χ2n) is 8.54. The van der Waals surface area contributed by atoms with Gasteiger partial charge in [0.1, 0.15) is 0 Å². The van der Waals surface area contributed by atoms with E-state index in [4.69, 9.17) is 11.6 Å². The van der Waals surface area contributed by atoms with Crippen molar-refractivity contribution in [1.29, 1.82) is 0 Å². The fraction of sp³-hybridized carbons (Fsp3) is 0.682. The summed E-state index contributed by atoms with van der Waals surface area (Å²) in [5.41, 5.74) is 2.53. The summed E-state index contributed by atoms with van der Waals surface area (Å²) >= 11 is 6.21. The van der Waals surface area contributed by atoms with E-state index in [0.717, 1.165) is 50.3 Å². The third-order valence-electron chi connectivity index (χ3n) is 6.08. The number of likely N-dealkylation sites (N-methyl/N-ethyl adjacent to an activating group) is 1. The number of benzene rings is 1. The molecule has 30 heavy (non-hydrogen) atoms. The van der Waals surface area contributed by atoms with Gasteiger partial charge in [0.15, 0.2) is 5.96 Å². The Kier molecular flexibility index (Phi) is 10.5. The molecule has 2 aliphatic rings. The fourth-order valence-electron chi connectivity index (χ4n) is 4.22. The molecule has 2 heterocycles. The van der Waals surface area contributed by atoms with E-state index in [9.17, 15) is 0 Å². The summed E-state index contributed by atoms with van der Waals surface area (Å²) in [6.45, 7) is 15.2. The molecule has 2 aliphatic heterocycles. The van der Waals surface area contributed by atoms with E-state index in [0.29, 0.717) is 5.92 Å². The van der Waals surface area contributed by atoms with Gasteiger partial charge in [-0.05, 0) is 37.6 Å². The highest BCUT2D eigenvalue weighted by Gasteiger charge is 2.22. The molecule has 2 fully saturated rings. The molecule has 0 amide bonds. The quantitative estimate of drug-likeness (QED) is 0.348. The number of piperazine rings is 2. The van der Waals surface area contributed by atoms with Crippen molar-refractivity contribution in [3.05, 3.63) is 28.8 Å². The zero-order valence-electron chi connectivity index (χ0n) is 18.9. The summed E-state index contributed by atoms with van der Waals surface area (Å²) in [6, 6.07) is 6.15. The molecule has 0 radical (unpaired) electrons. The third-order valence-corrected chi connectivity index (χ3v) is 6.31. The number of rotatable bonds is 5. The van der Waals surface area contributed by atoms with E-state index in [1.54, 1.807) is 0 Å². The minimum absolute atomic E-state index is 0. The molecule has 1 N–H and O–H groups in total. The van der Waals surface area contributed by atoms with Crippen LogP contribution < -0.4 is 10.2 Å². The van der Waals surface area contributed by atoms with Crippen LogP contribution in [0, 0.1) is 12.8 Å². The molecule has 1 atom stereocenters. The van der Waals surface area contributed by atoms with Gasteiger partial charge in [0.25, 0.3) is 0 Å². The number of guanidine groups is 1. The Bertz CT molecular complexity index is 684. The van der Waals surface area contributed by atoms with Gasteiger partial charge in [-0.3, -0.25) is 4.99 Å². The van der Waals surface area contributed by atoms with E-state index >= 15 is 0 Å². The number of hydrogen-bond acceptors (Lipinski definition) is 4. The molecule has 1 unspecified atom stereocenters. The summed E-state index contributed by atoms with van der Waals surface area (Å²) in [7, 11) is 4.10. The third kappa shape index (κ3) is 7.14. The summed E-state index contributed by atoms with van der Waals surface area (Å²) in [5, 5.41) is 4.42. The predicted molar refractivity (Wildman–Crippen MR) is 140 cm³/mol. The van der Waals surface area contributed by atoms with Gasteiger partial charge in [0, 0.05) is 83.2 Å². The highest BCUT2D eigenvalue weighted by molar-refractivity contribution is 14.0. The maximum atomic E-state index is 6.21. The van der Waals surface area contributed by atoms with Crippen LogP contribution in [0.4, 0.5) is 5.69 Å². The minimum atomic E-state index is 0. The lowest BCUT2D eigenvalue weighted by molar-refractivity contribution is 0.139. The van der Waals surface area contributed by atoms with Crippen LogP contribution in [0.5, 0.6) is 0 Å². The first-order valence-electron chi connectivity index (χ1n) is 10.8. The zero-order valence-corrected chi connectivity index (χ0v) is 22.0. The van der Waals surface area contributed by atoms with E-state index in [1.165, 1.54) is 37.4 Å². The smallest absolute Gasteiger partial charge is 0.193 e. The molecule has 0 saturated carbocycles. The Hall–Kier alpha value is -0.770. The van der Waals surface area contributed by atoms with Crippen molar-refractivity contribution < 1.29 is 0 Å². The number of nitrogens with one attached hydrogen (secondary N) is 1. The van der Waals surface area contributed by atoms with Crippen LogP contribution in [0.3, 0.4) is 0 Å². The van der Waals surface area contributed by atoms with Crippen molar-refractivity contribution in [1.82, 2.24) is 20.0 Å². The monoisotopic (exact) mass is 548 g/mol. The van der Waals surface area contributed by atoms with Gasteiger partial charge in [-0.1, -0.05) is 24.6 Å². The molecule has 8 heteroatoms. The molecule has 0 bridgehead atoms. The molecule has 0 spiro atoms. The molecule has 1 aromatic carbocycles. The lowest BCUT2D eigenvalue weighted by atomic mass is 10.1. The van der Waals surface area contributed by atoms with Crippen LogP contribution in [-0.4, -0.2) is 100 Å². The van der Waals surface area contributed by atoms with Crippen LogP contribution in [0.2, 0.25) is 5.02 Å². The SMILES string of the molecule is CN=C(NCC(C)CN1CCN(C)CC1)N1CCN(c2cc(Cl)ccc2C)CC1.I. The Morgan fingerprint density at radius 1 is 1.10 bits per heavy atom. The Labute approximate surface area is 204 Å². The lowest BCUT2D eigenvalue weighted by Gasteiger charge is -2.38. The average Bonchev–Trinajstić information content (AvgIpc) is 2.72. The van der Waals surface area contributed by atoms with Gasteiger partial charge < -0.3 is 24.9 Å². The second-order valence-corrected chi connectivity index (χ2v) is 8.98. The van der Waals surface area contributed by atoms with E-state index < -0.39 is 0 Å². The Morgan fingerprint density at radius 3 is 2.40 bits per heavy atom. The topological polar surface area (TPSA) is 37.4 Å². The molecular formula is C22H38ClIN6. The van der Waals surface area contributed by atoms with Gasteiger partial charge >= 0.3 is 0 Å². The summed E-state index contributed by atoms with van der Waals surface area (Å²) in [4.78, 5) is 14.3. The summed E-state index contributed by atoms with van der Waals surface area (Å²) in [5.74, 6) is 1.63. The van der Waals surface area contributed by atoms with Gasteiger partial charge in [-0.2, -0.15) is 0 Å². The van der Waals surface area contributed by atoms with E-state index in [-0.39, 0.29) is 24.0 Å². The maximum Gasteiger partial charge on any atom is 0.193 e. The first-order valence-corrected chi connectivity index (χ1v) is 11.2. The molecule has 170 valence electrons. The summed E-state index contributed by atoms with van der Waals surface area (Å²) in [6.07, 6.45) is 0. The Morgan fingerprint density at radius 2 is 1.77 bits per heavy atom. The molecule has 0 aromatic heterocycles. The molecule has 2 saturated heterocycles. The zero-order chi connectivity index (χ0) is 20.8. The molecule has 0 aliphatic carbocycles. The van der Waals surface area contributed by atoms with Crippen molar-refractivity contribution in [3.8, 4) is 0 Å². The number of nitrogens with zero attached hydrogens (tertiary/aromatic N) is 5. The second kappa shape index (κ2) is 12.3. The highest BCUT2D eigenvalue weighted by atomic mass is 127.